The van der Waals surface area contributed by atoms with E-state index in [1.807, 2.05) is 6.92 Å². The van der Waals surface area contributed by atoms with E-state index < -0.39 is 15.9 Å². The maximum absolute atomic E-state index is 13.2. The molecule has 3 aromatic carbocycles. The summed E-state index contributed by atoms with van der Waals surface area (Å²) in [5.74, 6) is -0.631. The number of carbonyl (C=O) groups excluding carboxylic acids is 1. The topological polar surface area (TPSA) is 54.5 Å². The number of rotatable bonds is 4. The van der Waals surface area contributed by atoms with Crippen LogP contribution in [0.3, 0.4) is 0 Å². The Morgan fingerprint density at radius 3 is 2.00 bits per heavy atom. The lowest BCUT2D eigenvalue weighted by atomic mass is 10.2. The van der Waals surface area contributed by atoms with Gasteiger partial charge in [0.25, 0.3) is 15.9 Å². The first-order valence-electron chi connectivity index (χ1n) is 7.86. The minimum atomic E-state index is -4.09. The highest BCUT2D eigenvalue weighted by Crippen LogP contribution is 2.27. The van der Waals surface area contributed by atoms with Crippen LogP contribution in [-0.2, 0) is 10.0 Å². The second-order valence-corrected chi connectivity index (χ2v) is 7.95. The van der Waals surface area contributed by atoms with Crippen molar-refractivity contribution in [3.63, 3.8) is 0 Å². The molecule has 0 spiro atoms. The van der Waals surface area contributed by atoms with Crippen molar-refractivity contribution in [1.82, 2.24) is 0 Å². The summed E-state index contributed by atoms with van der Waals surface area (Å²) in [6.07, 6.45) is 0. The summed E-state index contributed by atoms with van der Waals surface area (Å²) in [6.45, 7) is 1.86. The number of carbonyl (C=O) groups is 1. The molecule has 26 heavy (non-hydrogen) atoms. The number of amides is 1. The molecule has 0 aliphatic carbocycles. The van der Waals surface area contributed by atoms with E-state index in [9.17, 15) is 13.2 Å². The predicted molar refractivity (Wildman–Crippen MR) is 103 cm³/mol. The first-order valence-corrected chi connectivity index (χ1v) is 9.68. The highest BCUT2D eigenvalue weighted by molar-refractivity contribution is 7.93. The molecule has 1 amide bonds. The zero-order valence-corrected chi connectivity index (χ0v) is 15.5. The summed E-state index contributed by atoms with van der Waals surface area (Å²) in [7, 11) is -4.09. The molecule has 0 aromatic heterocycles. The molecule has 132 valence electrons. The van der Waals surface area contributed by atoms with E-state index in [-0.39, 0.29) is 16.1 Å². The average Bonchev–Trinajstić information content (AvgIpc) is 2.64. The molecule has 4 nitrogen and oxygen atoms in total. The van der Waals surface area contributed by atoms with Crippen LogP contribution in [0, 0.1) is 6.92 Å². The maximum atomic E-state index is 13.2. The molecule has 0 fully saturated rings. The number of anilines is 1. The van der Waals surface area contributed by atoms with Crippen LogP contribution in [0.2, 0.25) is 5.02 Å². The van der Waals surface area contributed by atoms with Gasteiger partial charge in [-0.1, -0.05) is 47.5 Å². The Bertz CT molecular complexity index is 1010. The van der Waals surface area contributed by atoms with Crippen molar-refractivity contribution in [2.24, 2.45) is 0 Å². The van der Waals surface area contributed by atoms with Crippen molar-refractivity contribution in [2.75, 3.05) is 4.31 Å². The van der Waals surface area contributed by atoms with Crippen molar-refractivity contribution in [3.05, 3.63) is 95.0 Å². The molecule has 0 heterocycles. The minimum Gasteiger partial charge on any atom is -0.268 e. The van der Waals surface area contributed by atoms with Crippen LogP contribution in [0.5, 0.6) is 0 Å². The van der Waals surface area contributed by atoms with Gasteiger partial charge in [-0.05, 0) is 55.5 Å². The average molecular weight is 386 g/mol. The normalized spacial score (nSPS) is 11.2. The van der Waals surface area contributed by atoms with Gasteiger partial charge in [-0.3, -0.25) is 4.79 Å². The summed E-state index contributed by atoms with van der Waals surface area (Å²) >= 11 is 5.91. The summed E-state index contributed by atoms with van der Waals surface area (Å²) < 4.78 is 27.2. The van der Waals surface area contributed by atoms with E-state index in [0.29, 0.717) is 5.02 Å². The van der Waals surface area contributed by atoms with E-state index >= 15 is 0 Å². The SMILES string of the molecule is Cc1ccc(S(=O)(=O)N(C(=O)c2ccccc2)c2ccc(Cl)cc2)cc1. The highest BCUT2D eigenvalue weighted by atomic mass is 35.5. The third-order valence-corrected chi connectivity index (χ3v) is 5.80. The fourth-order valence-corrected chi connectivity index (χ4v) is 4.00. The Hall–Kier alpha value is -2.63. The maximum Gasteiger partial charge on any atom is 0.272 e. The van der Waals surface area contributed by atoms with E-state index in [1.165, 1.54) is 24.3 Å². The van der Waals surface area contributed by atoms with Crippen molar-refractivity contribution in [1.29, 1.82) is 0 Å². The Labute approximate surface area is 157 Å². The molecule has 6 heteroatoms. The lowest BCUT2D eigenvalue weighted by Crippen LogP contribution is -2.37. The van der Waals surface area contributed by atoms with E-state index in [4.69, 9.17) is 11.6 Å². The Balaban J connectivity index is 2.15. The van der Waals surface area contributed by atoms with Gasteiger partial charge in [-0.15, -0.1) is 0 Å². The van der Waals surface area contributed by atoms with Crippen LogP contribution in [0.1, 0.15) is 15.9 Å². The van der Waals surface area contributed by atoms with Gasteiger partial charge in [0.15, 0.2) is 0 Å². The number of halogens is 1. The Morgan fingerprint density at radius 2 is 1.42 bits per heavy atom. The molecular weight excluding hydrogens is 370 g/mol. The van der Waals surface area contributed by atoms with E-state index in [0.717, 1.165) is 9.87 Å². The lowest BCUT2D eigenvalue weighted by molar-refractivity contribution is 0.101. The molecule has 0 saturated carbocycles. The summed E-state index contributed by atoms with van der Waals surface area (Å²) in [5, 5.41) is 0.452. The molecule has 0 atom stereocenters. The third-order valence-electron chi connectivity index (χ3n) is 3.83. The number of sulfonamides is 1. The number of nitrogens with zero attached hydrogens (tertiary/aromatic N) is 1. The number of benzene rings is 3. The van der Waals surface area contributed by atoms with Crippen LogP contribution in [0.4, 0.5) is 5.69 Å². The van der Waals surface area contributed by atoms with Crippen molar-refractivity contribution >= 4 is 33.2 Å². The van der Waals surface area contributed by atoms with Gasteiger partial charge in [-0.25, -0.2) is 8.42 Å². The fourth-order valence-electron chi connectivity index (χ4n) is 2.46. The third kappa shape index (κ3) is 3.64. The second kappa shape index (κ2) is 7.32. The summed E-state index contributed by atoms with van der Waals surface area (Å²) in [4.78, 5) is 13.1. The molecule has 0 aliphatic rings. The zero-order chi connectivity index (χ0) is 18.7. The monoisotopic (exact) mass is 385 g/mol. The van der Waals surface area contributed by atoms with Crippen molar-refractivity contribution in [2.45, 2.75) is 11.8 Å². The Kier molecular flexibility index (Phi) is 5.11. The molecule has 3 aromatic rings. The molecule has 0 N–H and O–H groups in total. The smallest absolute Gasteiger partial charge is 0.268 e. The van der Waals surface area contributed by atoms with Gasteiger partial charge in [0.1, 0.15) is 0 Å². The minimum absolute atomic E-state index is 0.0438. The lowest BCUT2D eigenvalue weighted by Gasteiger charge is -2.23. The van der Waals surface area contributed by atoms with E-state index in [1.54, 1.807) is 54.6 Å². The van der Waals surface area contributed by atoms with Crippen LogP contribution in [0.25, 0.3) is 0 Å². The van der Waals surface area contributed by atoms with Gasteiger partial charge in [-0.2, -0.15) is 4.31 Å². The molecule has 0 bridgehead atoms. The van der Waals surface area contributed by atoms with Crippen LogP contribution < -0.4 is 4.31 Å². The van der Waals surface area contributed by atoms with Gasteiger partial charge in [0.05, 0.1) is 10.6 Å². The quantitative estimate of drug-likeness (QED) is 0.655. The Morgan fingerprint density at radius 1 is 0.846 bits per heavy atom. The first-order chi connectivity index (χ1) is 12.4. The zero-order valence-electron chi connectivity index (χ0n) is 14.0. The molecule has 0 radical (unpaired) electrons. The number of hydrogen-bond donors (Lipinski definition) is 0. The number of aryl methyl sites for hydroxylation is 1. The van der Waals surface area contributed by atoms with Gasteiger partial charge >= 0.3 is 0 Å². The largest absolute Gasteiger partial charge is 0.272 e. The second-order valence-electron chi connectivity index (χ2n) is 5.73. The summed E-state index contributed by atoms with van der Waals surface area (Å²) in [6, 6.07) is 20.8. The van der Waals surface area contributed by atoms with Crippen LogP contribution in [0.15, 0.2) is 83.8 Å². The molecule has 0 aliphatic heterocycles. The van der Waals surface area contributed by atoms with Crippen LogP contribution >= 0.6 is 11.6 Å². The van der Waals surface area contributed by atoms with Gasteiger partial charge in [0.2, 0.25) is 0 Å². The molecular formula is C20H16ClNO3S. The van der Waals surface area contributed by atoms with Crippen LogP contribution in [-0.4, -0.2) is 14.3 Å². The first kappa shape index (κ1) is 18.2. The highest BCUT2D eigenvalue weighted by Gasteiger charge is 2.31. The standard InChI is InChI=1S/C20H16ClNO3S/c1-15-7-13-19(14-8-15)26(24,25)22(18-11-9-17(21)10-12-18)20(23)16-5-3-2-4-6-16/h2-14H,1H3. The summed E-state index contributed by atoms with van der Waals surface area (Å²) in [5.41, 5.74) is 1.43. The number of hydrogen-bond acceptors (Lipinski definition) is 3. The van der Waals surface area contributed by atoms with Gasteiger partial charge in [0, 0.05) is 10.6 Å². The molecule has 0 unspecified atom stereocenters. The molecule has 3 rings (SSSR count). The van der Waals surface area contributed by atoms with E-state index in [2.05, 4.69) is 0 Å². The molecule has 0 saturated heterocycles. The van der Waals surface area contributed by atoms with Gasteiger partial charge < -0.3 is 0 Å². The van der Waals surface area contributed by atoms with Crippen molar-refractivity contribution in [3.8, 4) is 0 Å². The fraction of sp³-hybridized carbons (Fsp3) is 0.0500. The van der Waals surface area contributed by atoms with Crippen molar-refractivity contribution < 1.29 is 13.2 Å². The predicted octanol–water partition coefficient (Wildman–Crippen LogP) is 4.68.